The number of nitrogens with zero attached hydrogens (tertiary/aromatic N) is 1. The second kappa shape index (κ2) is 4.58. The SMILES string of the molecule is O=c1[nH]c2cc(Br)c(NCc3nccs3)cc2[nH]1. The van der Waals surface area contributed by atoms with Gasteiger partial charge < -0.3 is 15.3 Å². The number of hydrogen-bond donors (Lipinski definition) is 3. The standard InChI is InChI=1S/C11H9BrN4OS/c12-6-3-8-9(16-11(17)15-8)4-7(6)14-5-10-13-1-2-18-10/h1-4,14H,5H2,(H2,15,16,17). The van der Waals surface area contributed by atoms with E-state index in [4.69, 9.17) is 0 Å². The summed E-state index contributed by atoms with van der Waals surface area (Å²) in [5.41, 5.74) is 2.29. The Morgan fingerprint density at radius 1 is 1.33 bits per heavy atom. The van der Waals surface area contributed by atoms with Crippen LogP contribution in [0.1, 0.15) is 5.01 Å². The van der Waals surface area contributed by atoms with Crippen LogP contribution in [0.3, 0.4) is 0 Å². The maximum absolute atomic E-state index is 11.2. The minimum Gasteiger partial charge on any atom is -0.378 e. The summed E-state index contributed by atoms with van der Waals surface area (Å²) in [7, 11) is 0. The highest BCUT2D eigenvalue weighted by atomic mass is 79.9. The fourth-order valence-corrected chi connectivity index (χ4v) is 2.74. The summed E-state index contributed by atoms with van der Waals surface area (Å²) in [6.45, 7) is 0.663. The molecule has 18 heavy (non-hydrogen) atoms. The van der Waals surface area contributed by atoms with Gasteiger partial charge in [0.1, 0.15) is 5.01 Å². The van der Waals surface area contributed by atoms with Crippen molar-refractivity contribution in [3.63, 3.8) is 0 Å². The molecule has 0 saturated carbocycles. The molecule has 0 saturated heterocycles. The van der Waals surface area contributed by atoms with E-state index < -0.39 is 0 Å². The van der Waals surface area contributed by atoms with Gasteiger partial charge in [0.2, 0.25) is 0 Å². The molecule has 0 atom stereocenters. The molecule has 0 aliphatic heterocycles. The molecule has 0 amide bonds. The molecule has 5 nitrogen and oxygen atoms in total. The smallest absolute Gasteiger partial charge is 0.323 e. The van der Waals surface area contributed by atoms with Gasteiger partial charge in [0.05, 0.1) is 23.3 Å². The highest BCUT2D eigenvalue weighted by Crippen LogP contribution is 2.26. The number of imidazole rings is 1. The lowest BCUT2D eigenvalue weighted by molar-refractivity contribution is 1.10. The van der Waals surface area contributed by atoms with Crippen LogP contribution in [0.25, 0.3) is 11.0 Å². The molecule has 92 valence electrons. The van der Waals surface area contributed by atoms with Gasteiger partial charge in [0.15, 0.2) is 0 Å². The first kappa shape index (κ1) is 11.5. The largest absolute Gasteiger partial charge is 0.378 e. The summed E-state index contributed by atoms with van der Waals surface area (Å²) in [5.74, 6) is 0. The van der Waals surface area contributed by atoms with E-state index >= 15 is 0 Å². The van der Waals surface area contributed by atoms with E-state index in [1.54, 1.807) is 17.5 Å². The third-order valence-corrected chi connectivity index (χ3v) is 3.95. The number of anilines is 1. The predicted octanol–water partition coefficient (Wildman–Crippen LogP) is 2.69. The van der Waals surface area contributed by atoms with Gasteiger partial charge in [-0.05, 0) is 28.1 Å². The van der Waals surface area contributed by atoms with Gasteiger partial charge in [-0.1, -0.05) is 0 Å². The van der Waals surface area contributed by atoms with Crippen LogP contribution < -0.4 is 11.0 Å². The van der Waals surface area contributed by atoms with E-state index in [9.17, 15) is 4.79 Å². The third kappa shape index (κ3) is 2.19. The second-order valence-corrected chi connectivity index (χ2v) is 5.57. The molecule has 0 unspecified atom stereocenters. The Hall–Kier alpha value is -1.60. The van der Waals surface area contributed by atoms with Gasteiger partial charge in [0, 0.05) is 16.0 Å². The Balaban J connectivity index is 1.91. The van der Waals surface area contributed by atoms with Crippen molar-refractivity contribution in [1.29, 1.82) is 0 Å². The first-order chi connectivity index (χ1) is 8.72. The van der Waals surface area contributed by atoms with Gasteiger partial charge >= 0.3 is 5.69 Å². The first-order valence-electron chi connectivity index (χ1n) is 5.26. The zero-order chi connectivity index (χ0) is 12.5. The van der Waals surface area contributed by atoms with Gasteiger partial charge in [-0.15, -0.1) is 11.3 Å². The molecule has 1 aromatic carbocycles. The average molecular weight is 325 g/mol. The molecule has 2 heterocycles. The molecular weight excluding hydrogens is 316 g/mol. The Morgan fingerprint density at radius 3 is 2.83 bits per heavy atom. The molecule has 0 bridgehead atoms. The minimum atomic E-state index is -0.200. The quantitative estimate of drug-likeness (QED) is 0.693. The van der Waals surface area contributed by atoms with Crippen LogP contribution in [-0.4, -0.2) is 15.0 Å². The van der Waals surface area contributed by atoms with E-state index in [1.165, 1.54) is 0 Å². The molecule has 0 aliphatic carbocycles. The maximum atomic E-state index is 11.2. The van der Waals surface area contributed by atoms with Crippen LogP contribution in [0.4, 0.5) is 5.69 Å². The van der Waals surface area contributed by atoms with Gasteiger partial charge in [-0.3, -0.25) is 0 Å². The van der Waals surface area contributed by atoms with Gasteiger partial charge in [0.25, 0.3) is 0 Å². The highest BCUT2D eigenvalue weighted by Gasteiger charge is 2.05. The summed E-state index contributed by atoms with van der Waals surface area (Å²) < 4.78 is 0.904. The fraction of sp³-hybridized carbons (Fsp3) is 0.0909. The van der Waals surface area contributed by atoms with Crippen LogP contribution in [0.5, 0.6) is 0 Å². The summed E-state index contributed by atoms with van der Waals surface area (Å²) >= 11 is 5.08. The Bertz CT molecular complexity index is 731. The summed E-state index contributed by atoms with van der Waals surface area (Å²) in [4.78, 5) is 20.9. The Morgan fingerprint density at radius 2 is 2.11 bits per heavy atom. The molecule has 0 spiro atoms. The molecule has 2 aromatic heterocycles. The number of benzene rings is 1. The van der Waals surface area contributed by atoms with Crippen molar-refractivity contribution < 1.29 is 0 Å². The topological polar surface area (TPSA) is 73.6 Å². The number of hydrogen-bond acceptors (Lipinski definition) is 4. The Labute approximate surface area is 114 Å². The van der Waals surface area contributed by atoms with E-state index in [1.807, 2.05) is 17.5 Å². The molecule has 0 aliphatic rings. The lowest BCUT2D eigenvalue weighted by atomic mass is 10.3. The molecule has 0 radical (unpaired) electrons. The lowest BCUT2D eigenvalue weighted by Crippen LogP contribution is -1.99. The monoisotopic (exact) mass is 324 g/mol. The number of fused-ring (bicyclic) bond motifs is 1. The fourth-order valence-electron chi connectivity index (χ4n) is 1.70. The van der Waals surface area contributed by atoms with E-state index in [2.05, 4.69) is 36.2 Å². The Kier molecular flexibility index (Phi) is 2.92. The molecule has 0 fully saturated rings. The molecule has 3 N–H and O–H groups in total. The number of aromatic nitrogens is 3. The first-order valence-corrected chi connectivity index (χ1v) is 6.93. The van der Waals surface area contributed by atoms with Crippen molar-refractivity contribution in [2.24, 2.45) is 0 Å². The predicted molar refractivity (Wildman–Crippen MR) is 76.1 cm³/mol. The summed E-state index contributed by atoms with van der Waals surface area (Å²) in [6.07, 6.45) is 1.78. The number of thiazole rings is 1. The van der Waals surface area contributed by atoms with Crippen LogP contribution in [-0.2, 0) is 6.54 Å². The normalized spacial score (nSPS) is 10.9. The highest BCUT2D eigenvalue weighted by molar-refractivity contribution is 9.10. The van der Waals surface area contributed by atoms with Crippen molar-refractivity contribution in [2.45, 2.75) is 6.54 Å². The van der Waals surface area contributed by atoms with Crippen molar-refractivity contribution in [3.8, 4) is 0 Å². The number of halogens is 1. The number of rotatable bonds is 3. The minimum absolute atomic E-state index is 0.200. The lowest BCUT2D eigenvalue weighted by Gasteiger charge is -2.06. The second-order valence-electron chi connectivity index (χ2n) is 3.74. The zero-order valence-electron chi connectivity index (χ0n) is 9.16. The van der Waals surface area contributed by atoms with Crippen molar-refractivity contribution in [3.05, 3.63) is 43.7 Å². The summed E-state index contributed by atoms with van der Waals surface area (Å²) in [6, 6.07) is 3.77. The maximum Gasteiger partial charge on any atom is 0.323 e. The summed E-state index contributed by atoms with van der Waals surface area (Å²) in [5, 5.41) is 6.24. The zero-order valence-corrected chi connectivity index (χ0v) is 11.6. The molecule has 3 aromatic rings. The number of nitrogens with one attached hydrogen (secondary N) is 3. The van der Waals surface area contributed by atoms with Crippen LogP contribution >= 0.6 is 27.3 Å². The van der Waals surface area contributed by atoms with Crippen LogP contribution in [0.2, 0.25) is 0 Å². The van der Waals surface area contributed by atoms with E-state index in [-0.39, 0.29) is 5.69 Å². The van der Waals surface area contributed by atoms with E-state index in [0.717, 1.165) is 26.2 Å². The van der Waals surface area contributed by atoms with Crippen molar-refractivity contribution >= 4 is 44.0 Å². The van der Waals surface area contributed by atoms with E-state index in [0.29, 0.717) is 6.54 Å². The number of H-pyrrole nitrogens is 2. The molecule has 3 rings (SSSR count). The van der Waals surface area contributed by atoms with Crippen LogP contribution in [0, 0.1) is 0 Å². The molecule has 7 heteroatoms. The van der Waals surface area contributed by atoms with Crippen LogP contribution in [0.15, 0.2) is 33.0 Å². The van der Waals surface area contributed by atoms with Crippen molar-refractivity contribution in [2.75, 3.05) is 5.32 Å². The van der Waals surface area contributed by atoms with Gasteiger partial charge in [-0.2, -0.15) is 0 Å². The van der Waals surface area contributed by atoms with Crippen molar-refractivity contribution in [1.82, 2.24) is 15.0 Å². The molecular formula is C11H9BrN4OS. The third-order valence-electron chi connectivity index (χ3n) is 2.52. The number of aromatic amines is 2. The average Bonchev–Trinajstić information content (AvgIpc) is 2.94. The van der Waals surface area contributed by atoms with Gasteiger partial charge in [-0.25, -0.2) is 9.78 Å².